The van der Waals surface area contributed by atoms with Crippen LogP contribution in [0.1, 0.15) is 17.7 Å². The second-order valence-electron chi connectivity index (χ2n) is 6.19. The summed E-state index contributed by atoms with van der Waals surface area (Å²) in [5, 5.41) is 9.17. The van der Waals surface area contributed by atoms with Gasteiger partial charge in [-0.15, -0.1) is 5.10 Å². The fourth-order valence-electron chi connectivity index (χ4n) is 2.98. The van der Waals surface area contributed by atoms with Gasteiger partial charge in [0.05, 0.1) is 11.9 Å². The molecule has 4 heterocycles. The summed E-state index contributed by atoms with van der Waals surface area (Å²) in [4.78, 5) is 12.2. The zero-order valence-electron chi connectivity index (χ0n) is 13.4. The molecule has 1 atom stereocenters. The van der Waals surface area contributed by atoms with Gasteiger partial charge in [-0.25, -0.2) is 14.5 Å². The third kappa shape index (κ3) is 3.01. The molecule has 23 heavy (non-hydrogen) atoms. The van der Waals surface area contributed by atoms with Gasteiger partial charge >= 0.3 is 0 Å². The highest BCUT2D eigenvalue weighted by Crippen LogP contribution is 2.28. The minimum atomic E-state index is 0.621. The Hall–Kier alpha value is -2.15. The molecule has 120 valence electrons. The van der Waals surface area contributed by atoms with E-state index in [2.05, 4.69) is 38.3 Å². The summed E-state index contributed by atoms with van der Waals surface area (Å²) in [6, 6.07) is 4.11. The van der Waals surface area contributed by atoms with Crippen LogP contribution in [0.25, 0.3) is 4.96 Å². The van der Waals surface area contributed by atoms with E-state index in [4.69, 9.17) is 0 Å². The summed E-state index contributed by atoms with van der Waals surface area (Å²) in [7, 11) is 0. The standard InChI is InChI=1S/C16H20N6S/c1-11-3-5-17-14(7-11)18-8-13-4-6-21(10-13)16-20-22-9-12(2)19-15(22)23-16/h3,5,7,9,13H,4,6,8,10H2,1-2H3,(H,17,18)/t13-/m1/s1. The summed E-state index contributed by atoms with van der Waals surface area (Å²) in [5.74, 6) is 1.59. The lowest BCUT2D eigenvalue weighted by atomic mass is 10.1. The Labute approximate surface area is 139 Å². The van der Waals surface area contributed by atoms with E-state index < -0.39 is 0 Å². The van der Waals surface area contributed by atoms with E-state index in [1.807, 2.05) is 29.9 Å². The van der Waals surface area contributed by atoms with Gasteiger partial charge in [0.15, 0.2) is 0 Å². The van der Waals surface area contributed by atoms with Crippen molar-refractivity contribution in [2.45, 2.75) is 20.3 Å². The van der Waals surface area contributed by atoms with Crippen molar-refractivity contribution in [3.8, 4) is 0 Å². The Morgan fingerprint density at radius 1 is 1.39 bits per heavy atom. The average Bonchev–Trinajstić information content (AvgIpc) is 3.19. The fraction of sp³-hybridized carbons (Fsp3) is 0.438. The predicted molar refractivity (Wildman–Crippen MR) is 93.4 cm³/mol. The zero-order chi connectivity index (χ0) is 15.8. The van der Waals surface area contributed by atoms with E-state index in [9.17, 15) is 0 Å². The van der Waals surface area contributed by atoms with Crippen LogP contribution < -0.4 is 10.2 Å². The van der Waals surface area contributed by atoms with Gasteiger partial charge in [0, 0.05) is 25.8 Å². The molecule has 1 aliphatic heterocycles. The van der Waals surface area contributed by atoms with Crippen LogP contribution in [0.4, 0.5) is 10.9 Å². The van der Waals surface area contributed by atoms with Crippen molar-refractivity contribution in [1.82, 2.24) is 19.6 Å². The molecule has 0 aliphatic carbocycles. The van der Waals surface area contributed by atoms with Gasteiger partial charge < -0.3 is 10.2 Å². The molecule has 1 saturated heterocycles. The third-order valence-electron chi connectivity index (χ3n) is 4.20. The monoisotopic (exact) mass is 328 g/mol. The molecule has 0 amide bonds. The topological polar surface area (TPSA) is 58.4 Å². The molecular formula is C16H20N6S. The Balaban J connectivity index is 1.37. The molecule has 1 fully saturated rings. The lowest BCUT2D eigenvalue weighted by molar-refractivity contribution is 0.621. The molecular weight excluding hydrogens is 308 g/mol. The van der Waals surface area contributed by atoms with Crippen LogP contribution in [-0.4, -0.2) is 39.2 Å². The van der Waals surface area contributed by atoms with Crippen LogP contribution in [-0.2, 0) is 0 Å². The van der Waals surface area contributed by atoms with Crippen LogP contribution in [0, 0.1) is 19.8 Å². The maximum absolute atomic E-state index is 4.65. The molecule has 0 bridgehead atoms. The second kappa shape index (κ2) is 5.81. The average molecular weight is 328 g/mol. The Kier molecular flexibility index (Phi) is 3.65. The lowest BCUT2D eigenvalue weighted by Crippen LogP contribution is -2.22. The number of anilines is 2. The van der Waals surface area contributed by atoms with Gasteiger partial charge in [-0.1, -0.05) is 11.3 Å². The number of fused-ring (bicyclic) bond motifs is 1. The van der Waals surface area contributed by atoms with E-state index in [0.717, 1.165) is 41.2 Å². The third-order valence-corrected chi connectivity index (χ3v) is 5.18. The van der Waals surface area contributed by atoms with Crippen molar-refractivity contribution in [3.63, 3.8) is 0 Å². The predicted octanol–water partition coefficient (Wildman–Crippen LogP) is 2.74. The first kappa shape index (κ1) is 14.4. The number of rotatable bonds is 4. The van der Waals surface area contributed by atoms with Crippen molar-refractivity contribution >= 4 is 27.2 Å². The first-order valence-corrected chi connectivity index (χ1v) is 8.73. The number of imidazole rings is 1. The Morgan fingerprint density at radius 3 is 3.13 bits per heavy atom. The molecule has 0 saturated carbocycles. The molecule has 0 aromatic carbocycles. The Bertz CT molecular complexity index is 791. The molecule has 1 N–H and O–H groups in total. The molecule has 4 rings (SSSR count). The first-order chi connectivity index (χ1) is 11.2. The number of aryl methyl sites for hydroxylation is 2. The molecule has 3 aromatic heterocycles. The summed E-state index contributed by atoms with van der Waals surface area (Å²) < 4.78 is 1.89. The number of hydrogen-bond donors (Lipinski definition) is 1. The van der Waals surface area contributed by atoms with Gasteiger partial charge in [0.25, 0.3) is 0 Å². The molecule has 1 aliphatic rings. The van der Waals surface area contributed by atoms with Crippen molar-refractivity contribution in [1.29, 1.82) is 0 Å². The molecule has 3 aromatic rings. The zero-order valence-corrected chi connectivity index (χ0v) is 14.2. The van der Waals surface area contributed by atoms with E-state index in [-0.39, 0.29) is 0 Å². The van der Waals surface area contributed by atoms with Crippen molar-refractivity contribution in [2.75, 3.05) is 29.9 Å². The van der Waals surface area contributed by atoms with Crippen molar-refractivity contribution < 1.29 is 0 Å². The maximum Gasteiger partial charge on any atom is 0.214 e. The summed E-state index contributed by atoms with van der Waals surface area (Å²) in [5.41, 5.74) is 2.25. The second-order valence-corrected chi connectivity index (χ2v) is 7.13. The minimum Gasteiger partial charge on any atom is -0.370 e. The number of hydrogen-bond acceptors (Lipinski definition) is 6. The number of nitrogens with one attached hydrogen (secondary N) is 1. The van der Waals surface area contributed by atoms with E-state index in [0.29, 0.717) is 5.92 Å². The maximum atomic E-state index is 4.65. The highest BCUT2D eigenvalue weighted by Gasteiger charge is 2.25. The van der Waals surface area contributed by atoms with Gasteiger partial charge in [0.1, 0.15) is 5.82 Å². The van der Waals surface area contributed by atoms with Crippen LogP contribution in [0.3, 0.4) is 0 Å². The number of nitrogens with zero attached hydrogens (tertiary/aromatic N) is 5. The van der Waals surface area contributed by atoms with Gasteiger partial charge in [0.2, 0.25) is 10.1 Å². The van der Waals surface area contributed by atoms with Gasteiger partial charge in [-0.05, 0) is 43.9 Å². The highest BCUT2D eigenvalue weighted by atomic mass is 32.1. The van der Waals surface area contributed by atoms with Gasteiger partial charge in [-0.2, -0.15) is 0 Å². The van der Waals surface area contributed by atoms with Gasteiger partial charge in [-0.3, -0.25) is 0 Å². The van der Waals surface area contributed by atoms with Crippen molar-refractivity contribution in [3.05, 3.63) is 35.8 Å². The molecule has 7 heteroatoms. The summed E-state index contributed by atoms with van der Waals surface area (Å²) in [6.45, 7) is 7.13. The fourth-order valence-corrected chi connectivity index (χ4v) is 3.94. The van der Waals surface area contributed by atoms with E-state index in [1.165, 1.54) is 12.0 Å². The summed E-state index contributed by atoms with van der Waals surface area (Å²) in [6.07, 6.45) is 5.01. The molecule has 0 unspecified atom stereocenters. The largest absolute Gasteiger partial charge is 0.370 e. The van der Waals surface area contributed by atoms with E-state index in [1.54, 1.807) is 11.3 Å². The van der Waals surface area contributed by atoms with Crippen LogP contribution in [0.15, 0.2) is 24.5 Å². The quantitative estimate of drug-likeness (QED) is 0.798. The van der Waals surface area contributed by atoms with Crippen molar-refractivity contribution in [2.24, 2.45) is 5.92 Å². The van der Waals surface area contributed by atoms with E-state index >= 15 is 0 Å². The summed E-state index contributed by atoms with van der Waals surface area (Å²) >= 11 is 1.67. The highest BCUT2D eigenvalue weighted by molar-refractivity contribution is 7.20. The SMILES string of the molecule is Cc1ccnc(NC[C@H]2CCN(c3nn4cc(C)nc4s3)C2)c1. The van der Waals surface area contributed by atoms with Crippen LogP contribution in [0.2, 0.25) is 0 Å². The first-order valence-electron chi connectivity index (χ1n) is 7.92. The number of pyridine rings is 1. The molecule has 6 nitrogen and oxygen atoms in total. The number of aromatic nitrogens is 4. The van der Waals surface area contributed by atoms with Crippen LogP contribution in [0.5, 0.6) is 0 Å². The lowest BCUT2D eigenvalue weighted by Gasteiger charge is -2.15. The molecule has 0 radical (unpaired) electrons. The normalized spacial score (nSPS) is 18.0. The molecule has 0 spiro atoms. The Morgan fingerprint density at radius 2 is 2.30 bits per heavy atom. The smallest absolute Gasteiger partial charge is 0.214 e. The minimum absolute atomic E-state index is 0.621. The van der Waals surface area contributed by atoms with Crippen LogP contribution >= 0.6 is 11.3 Å².